The summed E-state index contributed by atoms with van der Waals surface area (Å²) in [7, 11) is 1.89. The predicted octanol–water partition coefficient (Wildman–Crippen LogP) is 1.76. The Morgan fingerprint density at radius 2 is 2.21 bits per heavy atom. The molecular formula is C17H20N4O2S. The van der Waals surface area contributed by atoms with Crippen LogP contribution in [0.2, 0.25) is 0 Å². The number of likely N-dealkylation sites (tertiary alicyclic amines) is 1. The molecule has 0 bridgehead atoms. The first kappa shape index (κ1) is 15.4. The standard InChI is InChI=1S/C17H20N4O2S/c1-20-10-13(9-18-20)14-8-15(22)19-17(14)3-5-21(6-4-17)16(23)12-2-7-24-11-12/h2,7,9-11,14H,3-6,8H2,1H3,(H,19,22)/t14-/m1/s1. The van der Waals surface area contributed by atoms with Crippen molar-refractivity contribution in [1.29, 1.82) is 0 Å². The van der Waals surface area contributed by atoms with Gasteiger partial charge in [-0.15, -0.1) is 0 Å². The molecule has 2 fully saturated rings. The van der Waals surface area contributed by atoms with Crippen LogP contribution in [0.4, 0.5) is 0 Å². The van der Waals surface area contributed by atoms with Crippen LogP contribution in [0.1, 0.15) is 41.1 Å². The number of rotatable bonds is 2. The fourth-order valence-electron chi connectivity index (χ4n) is 4.00. The summed E-state index contributed by atoms with van der Waals surface area (Å²) in [5.74, 6) is 0.326. The van der Waals surface area contributed by atoms with E-state index >= 15 is 0 Å². The first-order valence-corrected chi connectivity index (χ1v) is 9.13. The summed E-state index contributed by atoms with van der Waals surface area (Å²) in [5, 5.41) is 11.3. The van der Waals surface area contributed by atoms with E-state index in [2.05, 4.69) is 10.4 Å². The highest BCUT2D eigenvalue weighted by Gasteiger charge is 2.49. The number of thiophene rings is 1. The number of carbonyl (C=O) groups is 2. The van der Waals surface area contributed by atoms with Crippen LogP contribution in [0.3, 0.4) is 0 Å². The van der Waals surface area contributed by atoms with Gasteiger partial charge in [0, 0.05) is 44.1 Å². The smallest absolute Gasteiger partial charge is 0.254 e. The van der Waals surface area contributed by atoms with Crippen LogP contribution in [0.25, 0.3) is 0 Å². The summed E-state index contributed by atoms with van der Waals surface area (Å²) in [6.45, 7) is 1.34. The van der Waals surface area contributed by atoms with Crippen molar-refractivity contribution in [1.82, 2.24) is 20.0 Å². The summed E-state index contributed by atoms with van der Waals surface area (Å²) >= 11 is 1.54. The minimum atomic E-state index is -0.245. The van der Waals surface area contributed by atoms with E-state index in [0.717, 1.165) is 24.0 Å². The van der Waals surface area contributed by atoms with Gasteiger partial charge in [0.15, 0.2) is 0 Å². The monoisotopic (exact) mass is 344 g/mol. The van der Waals surface area contributed by atoms with Gasteiger partial charge >= 0.3 is 0 Å². The molecule has 0 aliphatic carbocycles. The fraction of sp³-hybridized carbons (Fsp3) is 0.471. The number of amides is 2. The zero-order valence-corrected chi connectivity index (χ0v) is 14.4. The van der Waals surface area contributed by atoms with E-state index in [0.29, 0.717) is 19.5 Å². The maximum absolute atomic E-state index is 12.5. The van der Waals surface area contributed by atoms with E-state index in [4.69, 9.17) is 0 Å². The molecule has 2 aromatic rings. The number of aryl methyl sites for hydroxylation is 1. The van der Waals surface area contributed by atoms with Gasteiger partial charge < -0.3 is 10.2 Å². The van der Waals surface area contributed by atoms with E-state index < -0.39 is 0 Å². The molecule has 0 saturated carbocycles. The van der Waals surface area contributed by atoms with Crippen LogP contribution < -0.4 is 5.32 Å². The third-order valence-electron chi connectivity index (χ3n) is 5.28. The molecule has 2 amide bonds. The predicted molar refractivity (Wildman–Crippen MR) is 90.9 cm³/mol. The Kier molecular flexibility index (Phi) is 3.68. The molecule has 6 nitrogen and oxygen atoms in total. The molecule has 0 aromatic carbocycles. The van der Waals surface area contributed by atoms with Gasteiger partial charge in [0.05, 0.1) is 17.3 Å². The van der Waals surface area contributed by atoms with Crippen molar-refractivity contribution in [3.05, 3.63) is 40.3 Å². The quantitative estimate of drug-likeness (QED) is 0.903. The second-order valence-corrected chi connectivity index (χ2v) is 7.49. The number of hydrogen-bond donors (Lipinski definition) is 1. The largest absolute Gasteiger partial charge is 0.350 e. The number of nitrogens with one attached hydrogen (secondary N) is 1. The molecule has 1 N–H and O–H groups in total. The van der Waals surface area contributed by atoms with Gasteiger partial charge in [-0.1, -0.05) is 0 Å². The van der Waals surface area contributed by atoms with Crippen LogP contribution in [0.15, 0.2) is 29.2 Å². The second kappa shape index (κ2) is 5.73. The van der Waals surface area contributed by atoms with Crippen LogP contribution in [0.5, 0.6) is 0 Å². The minimum absolute atomic E-state index is 0.0911. The zero-order valence-electron chi connectivity index (χ0n) is 13.6. The minimum Gasteiger partial charge on any atom is -0.350 e. The summed E-state index contributed by atoms with van der Waals surface area (Å²) in [6.07, 6.45) is 5.93. The Bertz CT molecular complexity index is 759. The van der Waals surface area contributed by atoms with E-state index in [1.165, 1.54) is 11.3 Å². The maximum Gasteiger partial charge on any atom is 0.254 e. The van der Waals surface area contributed by atoms with Crippen molar-refractivity contribution in [2.75, 3.05) is 13.1 Å². The molecule has 1 spiro atoms. The number of piperidine rings is 1. The molecule has 4 heterocycles. The molecule has 4 rings (SSSR count). The summed E-state index contributed by atoms with van der Waals surface area (Å²) < 4.78 is 1.78. The topological polar surface area (TPSA) is 67.2 Å². The molecule has 126 valence electrons. The van der Waals surface area contributed by atoms with Crippen molar-refractivity contribution < 1.29 is 9.59 Å². The Morgan fingerprint density at radius 1 is 1.42 bits per heavy atom. The number of carbonyl (C=O) groups excluding carboxylic acids is 2. The van der Waals surface area contributed by atoms with Gasteiger partial charge in [0.2, 0.25) is 5.91 Å². The Balaban J connectivity index is 1.52. The van der Waals surface area contributed by atoms with E-state index in [9.17, 15) is 9.59 Å². The molecule has 0 unspecified atom stereocenters. The lowest BCUT2D eigenvalue weighted by atomic mass is 9.75. The Morgan fingerprint density at radius 3 is 2.83 bits per heavy atom. The molecule has 7 heteroatoms. The molecule has 2 saturated heterocycles. The molecular weight excluding hydrogens is 324 g/mol. The molecule has 2 aromatic heterocycles. The van der Waals surface area contributed by atoms with Crippen LogP contribution in [-0.2, 0) is 11.8 Å². The summed E-state index contributed by atoms with van der Waals surface area (Å²) in [5.41, 5.74) is 1.62. The molecule has 0 radical (unpaired) electrons. The molecule has 1 atom stereocenters. The van der Waals surface area contributed by atoms with Crippen molar-refractivity contribution >= 4 is 23.2 Å². The molecule has 2 aliphatic rings. The van der Waals surface area contributed by atoms with Gasteiger partial charge in [0.25, 0.3) is 5.91 Å². The Hall–Kier alpha value is -2.15. The van der Waals surface area contributed by atoms with Gasteiger partial charge in [-0.3, -0.25) is 14.3 Å². The lowest BCUT2D eigenvalue weighted by Gasteiger charge is -2.42. The lowest BCUT2D eigenvalue weighted by Crippen LogP contribution is -2.54. The highest BCUT2D eigenvalue weighted by Crippen LogP contribution is 2.43. The highest BCUT2D eigenvalue weighted by atomic mass is 32.1. The first-order chi connectivity index (χ1) is 11.6. The third-order valence-corrected chi connectivity index (χ3v) is 5.97. The summed E-state index contributed by atoms with van der Waals surface area (Å²) in [4.78, 5) is 26.5. The SMILES string of the molecule is Cn1cc([C@H]2CC(=O)NC23CCN(C(=O)c2ccsc2)CC3)cn1. The summed E-state index contributed by atoms with van der Waals surface area (Å²) in [6, 6.07) is 1.87. The van der Waals surface area contributed by atoms with Gasteiger partial charge in [-0.2, -0.15) is 16.4 Å². The number of hydrogen-bond acceptors (Lipinski definition) is 4. The van der Waals surface area contributed by atoms with E-state index in [1.807, 2.05) is 41.2 Å². The third kappa shape index (κ3) is 2.53. The lowest BCUT2D eigenvalue weighted by molar-refractivity contribution is -0.120. The second-order valence-electron chi connectivity index (χ2n) is 6.71. The van der Waals surface area contributed by atoms with Crippen molar-refractivity contribution in [3.8, 4) is 0 Å². The number of nitrogens with zero attached hydrogens (tertiary/aromatic N) is 3. The number of aromatic nitrogens is 2. The van der Waals surface area contributed by atoms with Crippen molar-refractivity contribution in [2.24, 2.45) is 7.05 Å². The van der Waals surface area contributed by atoms with Crippen molar-refractivity contribution in [3.63, 3.8) is 0 Å². The van der Waals surface area contributed by atoms with Crippen molar-refractivity contribution in [2.45, 2.75) is 30.7 Å². The average Bonchev–Trinajstić information content (AvgIpc) is 3.28. The van der Waals surface area contributed by atoms with Gasteiger partial charge in [0.1, 0.15) is 0 Å². The fourth-order valence-corrected chi connectivity index (χ4v) is 4.63. The zero-order chi connectivity index (χ0) is 16.7. The molecule has 24 heavy (non-hydrogen) atoms. The van der Waals surface area contributed by atoms with Crippen LogP contribution in [-0.4, -0.2) is 45.1 Å². The van der Waals surface area contributed by atoms with Crippen LogP contribution in [0, 0.1) is 0 Å². The maximum atomic E-state index is 12.5. The Labute approximate surface area is 144 Å². The first-order valence-electron chi connectivity index (χ1n) is 8.18. The normalized spacial score (nSPS) is 22.8. The average molecular weight is 344 g/mol. The van der Waals surface area contributed by atoms with E-state index in [1.54, 1.807) is 4.68 Å². The van der Waals surface area contributed by atoms with Gasteiger partial charge in [-0.05, 0) is 29.9 Å². The molecule has 2 aliphatic heterocycles. The van der Waals surface area contributed by atoms with Gasteiger partial charge in [-0.25, -0.2) is 0 Å². The highest BCUT2D eigenvalue weighted by molar-refractivity contribution is 7.08. The van der Waals surface area contributed by atoms with Crippen LogP contribution >= 0.6 is 11.3 Å². The van der Waals surface area contributed by atoms with E-state index in [-0.39, 0.29) is 23.3 Å².